The highest BCUT2D eigenvalue weighted by Crippen LogP contribution is 2.09. The van der Waals surface area contributed by atoms with E-state index in [0.29, 0.717) is 12.3 Å². The molecule has 1 N–H and O–H groups in total. The number of rotatable bonds is 6. The van der Waals surface area contributed by atoms with Crippen LogP contribution in [0.4, 0.5) is 0 Å². The number of amides is 1. The van der Waals surface area contributed by atoms with Gasteiger partial charge in [-0.25, -0.2) is 4.98 Å². The maximum Gasteiger partial charge on any atom is 0.238 e. The number of nitrogens with zero attached hydrogens (tertiary/aromatic N) is 2. The first kappa shape index (κ1) is 14.8. The molecule has 0 aliphatic rings. The van der Waals surface area contributed by atoms with Crippen molar-refractivity contribution < 1.29 is 9.21 Å². The predicted octanol–water partition coefficient (Wildman–Crippen LogP) is 2.24. The van der Waals surface area contributed by atoms with Gasteiger partial charge in [-0.05, 0) is 12.0 Å². The van der Waals surface area contributed by atoms with Gasteiger partial charge in [-0.3, -0.25) is 4.79 Å². The molecule has 0 aliphatic heterocycles. The van der Waals surface area contributed by atoms with Gasteiger partial charge in [-0.2, -0.15) is 5.26 Å². The molecule has 0 fully saturated rings. The number of carbonyl (C=O) groups is 1. The van der Waals surface area contributed by atoms with Gasteiger partial charge < -0.3 is 9.73 Å². The minimum atomic E-state index is -0.715. The van der Waals surface area contributed by atoms with E-state index in [1.165, 1.54) is 0 Å². The van der Waals surface area contributed by atoms with Crippen LogP contribution in [0.25, 0.3) is 0 Å². The van der Waals surface area contributed by atoms with E-state index < -0.39 is 5.92 Å². The molecule has 0 radical (unpaired) electrons. The summed E-state index contributed by atoms with van der Waals surface area (Å²) in [5.74, 6) is 0.211. The number of aromatic nitrogens is 1. The molecular weight excluding hydrogens is 266 g/mol. The van der Waals surface area contributed by atoms with Crippen LogP contribution in [0.3, 0.4) is 0 Å². The van der Waals surface area contributed by atoms with Crippen molar-refractivity contribution in [3.8, 4) is 6.07 Å². The zero-order valence-corrected chi connectivity index (χ0v) is 11.9. The monoisotopic (exact) mass is 283 g/mol. The van der Waals surface area contributed by atoms with E-state index in [9.17, 15) is 4.79 Å². The third-order valence-electron chi connectivity index (χ3n) is 3.12. The number of oxazole rings is 1. The van der Waals surface area contributed by atoms with Crippen LogP contribution in [-0.2, 0) is 24.2 Å². The number of hydrogen-bond donors (Lipinski definition) is 1. The summed E-state index contributed by atoms with van der Waals surface area (Å²) in [6.45, 7) is 2.17. The van der Waals surface area contributed by atoms with Crippen LogP contribution < -0.4 is 5.32 Å². The molecule has 1 amide bonds. The highest BCUT2D eigenvalue weighted by atomic mass is 16.4. The Morgan fingerprint density at radius 1 is 1.43 bits per heavy atom. The molecule has 0 spiro atoms. The Kier molecular flexibility index (Phi) is 5.10. The van der Waals surface area contributed by atoms with E-state index in [-0.39, 0.29) is 12.5 Å². The molecular formula is C16H17N3O2. The van der Waals surface area contributed by atoms with E-state index >= 15 is 0 Å². The van der Waals surface area contributed by atoms with Gasteiger partial charge in [0, 0.05) is 6.42 Å². The zero-order valence-electron chi connectivity index (χ0n) is 11.9. The van der Waals surface area contributed by atoms with Gasteiger partial charge in [0.25, 0.3) is 0 Å². The maximum atomic E-state index is 12.0. The number of nitrogens with one attached hydrogen (secondary N) is 1. The summed E-state index contributed by atoms with van der Waals surface area (Å²) >= 11 is 0. The van der Waals surface area contributed by atoms with Crippen LogP contribution in [0, 0.1) is 17.2 Å². The second-order valence-electron chi connectivity index (χ2n) is 4.66. The van der Waals surface area contributed by atoms with Crippen molar-refractivity contribution in [1.82, 2.24) is 10.3 Å². The molecule has 2 aromatic rings. The molecule has 0 bridgehead atoms. The lowest BCUT2D eigenvalue weighted by Crippen LogP contribution is -2.30. The second-order valence-corrected chi connectivity index (χ2v) is 4.66. The summed E-state index contributed by atoms with van der Waals surface area (Å²) in [5, 5.41) is 11.8. The first-order chi connectivity index (χ1) is 10.2. The van der Waals surface area contributed by atoms with Crippen molar-refractivity contribution in [2.75, 3.05) is 0 Å². The van der Waals surface area contributed by atoms with Crippen LogP contribution in [0.5, 0.6) is 0 Å². The first-order valence-electron chi connectivity index (χ1n) is 6.87. The summed E-state index contributed by atoms with van der Waals surface area (Å²) in [6, 6.07) is 11.5. The van der Waals surface area contributed by atoms with Crippen molar-refractivity contribution in [2.45, 2.75) is 26.3 Å². The number of nitriles is 1. The lowest BCUT2D eigenvalue weighted by Gasteiger charge is -2.09. The Labute approximate surface area is 123 Å². The number of aryl methyl sites for hydroxylation is 1. The maximum absolute atomic E-state index is 12.0. The SMILES string of the molecule is CCc1cnc(CNC(=O)C(C#N)Cc2ccccc2)o1. The first-order valence-corrected chi connectivity index (χ1v) is 6.87. The average molecular weight is 283 g/mol. The fraction of sp³-hybridized carbons (Fsp3) is 0.312. The van der Waals surface area contributed by atoms with Crippen molar-refractivity contribution in [1.29, 1.82) is 5.26 Å². The van der Waals surface area contributed by atoms with Crippen molar-refractivity contribution in [2.24, 2.45) is 5.92 Å². The lowest BCUT2D eigenvalue weighted by atomic mass is 10.00. The van der Waals surface area contributed by atoms with Gasteiger partial charge in [-0.1, -0.05) is 37.3 Å². The lowest BCUT2D eigenvalue weighted by molar-refractivity contribution is -0.123. The van der Waals surface area contributed by atoms with E-state index in [2.05, 4.69) is 10.3 Å². The standard InChI is InChI=1S/C16H17N3O2/c1-2-14-10-18-15(21-14)11-19-16(20)13(9-17)8-12-6-4-3-5-7-12/h3-7,10,13H,2,8,11H2,1H3,(H,19,20). The second kappa shape index (κ2) is 7.25. The third kappa shape index (κ3) is 4.18. The molecule has 2 rings (SSSR count). The smallest absolute Gasteiger partial charge is 0.238 e. The number of carbonyl (C=O) groups excluding carboxylic acids is 1. The summed E-state index contributed by atoms with van der Waals surface area (Å²) in [5.41, 5.74) is 0.962. The largest absolute Gasteiger partial charge is 0.444 e. The Morgan fingerprint density at radius 2 is 2.19 bits per heavy atom. The van der Waals surface area contributed by atoms with Crippen LogP contribution in [-0.4, -0.2) is 10.9 Å². The fourth-order valence-electron chi connectivity index (χ4n) is 1.93. The zero-order chi connectivity index (χ0) is 15.1. The fourth-order valence-corrected chi connectivity index (χ4v) is 1.93. The molecule has 5 heteroatoms. The van der Waals surface area contributed by atoms with Crippen LogP contribution >= 0.6 is 0 Å². The summed E-state index contributed by atoms with van der Waals surface area (Å²) in [4.78, 5) is 16.1. The van der Waals surface area contributed by atoms with Gasteiger partial charge in [-0.15, -0.1) is 0 Å². The van der Waals surface area contributed by atoms with E-state index in [0.717, 1.165) is 17.7 Å². The molecule has 0 aliphatic carbocycles. The van der Waals surface area contributed by atoms with Crippen molar-refractivity contribution in [3.63, 3.8) is 0 Å². The molecule has 1 heterocycles. The van der Waals surface area contributed by atoms with Crippen LogP contribution in [0.15, 0.2) is 40.9 Å². The highest BCUT2D eigenvalue weighted by molar-refractivity contribution is 5.81. The van der Waals surface area contributed by atoms with Crippen LogP contribution in [0.2, 0.25) is 0 Å². The van der Waals surface area contributed by atoms with Gasteiger partial charge in [0.2, 0.25) is 11.8 Å². The molecule has 1 unspecified atom stereocenters. The Balaban J connectivity index is 1.90. The number of benzene rings is 1. The minimum Gasteiger partial charge on any atom is -0.444 e. The topological polar surface area (TPSA) is 78.9 Å². The molecule has 1 atom stereocenters. The normalized spacial score (nSPS) is 11.6. The minimum absolute atomic E-state index is 0.200. The molecule has 0 saturated heterocycles. The summed E-state index contributed by atoms with van der Waals surface area (Å²) in [7, 11) is 0. The van der Waals surface area contributed by atoms with Gasteiger partial charge in [0.05, 0.1) is 18.8 Å². The van der Waals surface area contributed by atoms with Crippen molar-refractivity contribution >= 4 is 5.91 Å². The molecule has 1 aromatic carbocycles. The molecule has 21 heavy (non-hydrogen) atoms. The van der Waals surface area contributed by atoms with Crippen molar-refractivity contribution in [3.05, 3.63) is 53.7 Å². The summed E-state index contributed by atoms with van der Waals surface area (Å²) in [6.07, 6.45) is 2.80. The molecule has 108 valence electrons. The van der Waals surface area contributed by atoms with E-state index in [4.69, 9.17) is 9.68 Å². The molecule has 0 saturated carbocycles. The van der Waals surface area contributed by atoms with Gasteiger partial charge >= 0.3 is 0 Å². The Bertz CT molecular complexity index is 628. The molecule has 5 nitrogen and oxygen atoms in total. The van der Waals surface area contributed by atoms with E-state index in [1.54, 1.807) is 6.20 Å². The average Bonchev–Trinajstić information content (AvgIpc) is 2.99. The quantitative estimate of drug-likeness (QED) is 0.881. The predicted molar refractivity (Wildman–Crippen MR) is 77.0 cm³/mol. The van der Waals surface area contributed by atoms with Gasteiger partial charge in [0.15, 0.2) is 0 Å². The highest BCUT2D eigenvalue weighted by Gasteiger charge is 2.18. The molecule has 1 aromatic heterocycles. The third-order valence-corrected chi connectivity index (χ3v) is 3.12. The van der Waals surface area contributed by atoms with Crippen LogP contribution in [0.1, 0.15) is 24.1 Å². The Morgan fingerprint density at radius 3 is 2.81 bits per heavy atom. The van der Waals surface area contributed by atoms with E-state index in [1.807, 2.05) is 43.3 Å². The van der Waals surface area contributed by atoms with Gasteiger partial charge in [0.1, 0.15) is 11.7 Å². The summed E-state index contributed by atoms with van der Waals surface area (Å²) < 4.78 is 5.41. The number of hydrogen-bond acceptors (Lipinski definition) is 4. The Hall–Kier alpha value is -2.61.